The highest BCUT2D eigenvalue weighted by Crippen LogP contribution is 2.30. The molecule has 0 aliphatic carbocycles. The van der Waals surface area contributed by atoms with Crippen LogP contribution in [0.15, 0.2) is 52.8 Å². The highest BCUT2D eigenvalue weighted by Gasteiger charge is 2.15. The molecule has 24 heavy (non-hydrogen) atoms. The van der Waals surface area contributed by atoms with Gasteiger partial charge in [0, 0.05) is 11.8 Å². The fourth-order valence-corrected chi connectivity index (χ4v) is 2.47. The second-order valence-corrected chi connectivity index (χ2v) is 6.10. The molecule has 0 aliphatic heterocycles. The van der Waals surface area contributed by atoms with Crippen molar-refractivity contribution in [1.82, 2.24) is 9.38 Å². The Labute approximate surface area is 144 Å². The van der Waals surface area contributed by atoms with Crippen LogP contribution >= 0.6 is 11.6 Å². The highest BCUT2D eigenvalue weighted by molar-refractivity contribution is 6.30. The van der Waals surface area contributed by atoms with Gasteiger partial charge in [-0.05, 0) is 42.3 Å². The Morgan fingerprint density at radius 1 is 1.17 bits per heavy atom. The maximum Gasteiger partial charge on any atom is 0.248 e. The third-order valence-corrected chi connectivity index (χ3v) is 3.77. The van der Waals surface area contributed by atoms with Crippen LogP contribution < -0.4 is 5.73 Å². The van der Waals surface area contributed by atoms with E-state index in [9.17, 15) is 4.79 Å². The number of rotatable bonds is 4. The summed E-state index contributed by atoms with van der Waals surface area (Å²) in [7, 11) is 0. The first kappa shape index (κ1) is 16.1. The predicted molar refractivity (Wildman–Crippen MR) is 93.4 cm³/mol. The van der Waals surface area contributed by atoms with Crippen LogP contribution in [0.2, 0.25) is 5.02 Å². The zero-order valence-electron chi connectivity index (χ0n) is 13.3. The number of carbonyl (C=O) groups excluding carboxylic acids is 1. The first-order valence-corrected chi connectivity index (χ1v) is 7.82. The minimum atomic E-state index is -0.475. The summed E-state index contributed by atoms with van der Waals surface area (Å²) >= 11 is 6.08. The first-order chi connectivity index (χ1) is 11.5. The quantitative estimate of drug-likeness (QED) is 0.702. The van der Waals surface area contributed by atoms with Gasteiger partial charge in [-0.15, -0.1) is 10.2 Å². The van der Waals surface area contributed by atoms with Gasteiger partial charge < -0.3 is 5.73 Å². The largest absolute Gasteiger partial charge is 0.366 e. The van der Waals surface area contributed by atoms with Gasteiger partial charge in [0.1, 0.15) is 5.65 Å². The zero-order valence-corrected chi connectivity index (χ0v) is 14.0. The average Bonchev–Trinajstić information content (AvgIpc) is 2.91. The van der Waals surface area contributed by atoms with Crippen LogP contribution in [0.4, 0.5) is 11.5 Å². The molecule has 6 nitrogen and oxygen atoms in total. The second-order valence-electron chi connectivity index (χ2n) is 5.66. The molecule has 0 fully saturated rings. The van der Waals surface area contributed by atoms with Crippen LogP contribution in [-0.4, -0.2) is 15.3 Å². The van der Waals surface area contributed by atoms with Crippen molar-refractivity contribution in [2.45, 2.75) is 19.8 Å². The van der Waals surface area contributed by atoms with E-state index in [1.807, 2.05) is 24.3 Å². The van der Waals surface area contributed by atoms with Crippen LogP contribution in [0.5, 0.6) is 0 Å². The zero-order chi connectivity index (χ0) is 17.3. The summed E-state index contributed by atoms with van der Waals surface area (Å²) in [4.78, 5) is 15.7. The molecule has 1 amide bonds. The topological polar surface area (TPSA) is 85.1 Å². The molecule has 2 N–H and O–H groups in total. The number of primary amides is 1. The second kappa shape index (κ2) is 6.41. The van der Waals surface area contributed by atoms with Gasteiger partial charge in [-0.2, -0.15) is 0 Å². The highest BCUT2D eigenvalue weighted by atomic mass is 35.5. The van der Waals surface area contributed by atoms with E-state index in [0.717, 1.165) is 11.3 Å². The minimum absolute atomic E-state index is 0.190. The molecular formula is C17H16ClN5O. The number of hydrogen-bond donors (Lipinski definition) is 1. The summed E-state index contributed by atoms with van der Waals surface area (Å²) in [6.45, 7) is 4.09. The summed E-state index contributed by atoms with van der Waals surface area (Å²) in [6.07, 6.45) is 1.76. The fourth-order valence-electron chi connectivity index (χ4n) is 2.31. The van der Waals surface area contributed by atoms with Gasteiger partial charge in [-0.3, -0.25) is 9.20 Å². The molecule has 122 valence electrons. The molecule has 0 radical (unpaired) electrons. The molecule has 0 bridgehead atoms. The molecule has 3 aromatic rings. The van der Waals surface area contributed by atoms with Crippen molar-refractivity contribution in [3.05, 3.63) is 58.9 Å². The molecule has 3 rings (SSSR count). The van der Waals surface area contributed by atoms with Crippen molar-refractivity contribution in [2.24, 2.45) is 16.0 Å². The van der Waals surface area contributed by atoms with Crippen LogP contribution in [0.3, 0.4) is 0 Å². The number of amides is 1. The van der Waals surface area contributed by atoms with Crippen molar-refractivity contribution in [2.75, 3.05) is 0 Å². The van der Waals surface area contributed by atoms with Crippen LogP contribution in [0, 0.1) is 0 Å². The number of azo groups is 1. The summed E-state index contributed by atoms with van der Waals surface area (Å²) in [5, 5.41) is 9.19. The SMILES string of the molecule is CC(C)c1nc2ccc(Cl)cn2c1N=Nc1ccc(C(N)=O)cc1. The number of aromatic nitrogens is 2. The molecule has 2 aromatic heterocycles. The number of imidazole rings is 1. The van der Waals surface area contributed by atoms with E-state index in [-0.39, 0.29) is 5.92 Å². The Morgan fingerprint density at radius 2 is 1.88 bits per heavy atom. The predicted octanol–water partition coefficient (Wildman–Crippen LogP) is 4.63. The summed E-state index contributed by atoms with van der Waals surface area (Å²) < 4.78 is 1.82. The third kappa shape index (κ3) is 3.14. The standard InChI is InChI=1S/C17H16ClN5O/c1-10(2)15-17(23-9-12(18)5-8-14(23)20-15)22-21-13-6-3-11(4-7-13)16(19)24/h3-10H,1-2H3,(H2,19,24). The number of halogens is 1. The molecule has 1 aromatic carbocycles. The number of hydrogen-bond acceptors (Lipinski definition) is 4. The lowest BCUT2D eigenvalue weighted by Crippen LogP contribution is -2.10. The average molecular weight is 342 g/mol. The summed E-state index contributed by atoms with van der Waals surface area (Å²) in [5.41, 5.74) is 7.88. The van der Waals surface area contributed by atoms with E-state index in [1.54, 1.807) is 36.5 Å². The molecule has 2 heterocycles. The minimum Gasteiger partial charge on any atom is -0.366 e. The van der Waals surface area contributed by atoms with Crippen molar-refractivity contribution in [3.8, 4) is 0 Å². The maximum atomic E-state index is 11.1. The molecule has 0 atom stereocenters. The van der Waals surface area contributed by atoms with Crippen LogP contribution in [-0.2, 0) is 0 Å². The molecule has 7 heteroatoms. The van der Waals surface area contributed by atoms with Gasteiger partial charge in [0.25, 0.3) is 0 Å². The monoisotopic (exact) mass is 341 g/mol. The van der Waals surface area contributed by atoms with E-state index >= 15 is 0 Å². The molecule has 0 aliphatic rings. The van der Waals surface area contributed by atoms with E-state index < -0.39 is 5.91 Å². The Balaban J connectivity index is 2.03. The van der Waals surface area contributed by atoms with Gasteiger partial charge in [0.05, 0.1) is 16.4 Å². The number of nitrogens with zero attached hydrogens (tertiary/aromatic N) is 4. The van der Waals surface area contributed by atoms with Crippen LogP contribution in [0.25, 0.3) is 5.65 Å². The molecule has 0 spiro atoms. The Bertz CT molecular complexity index is 928. The summed E-state index contributed by atoms with van der Waals surface area (Å²) in [5.74, 6) is 0.355. The number of pyridine rings is 1. The molecular weight excluding hydrogens is 326 g/mol. The molecule has 0 saturated carbocycles. The van der Waals surface area contributed by atoms with E-state index in [0.29, 0.717) is 22.1 Å². The van der Waals surface area contributed by atoms with Crippen molar-refractivity contribution >= 4 is 34.7 Å². The third-order valence-electron chi connectivity index (χ3n) is 3.54. The van der Waals surface area contributed by atoms with E-state index in [1.165, 1.54) is 0 Å². The number of benzene rings is 1. The van der Waals surface area contributed by atoms with Gasteiger partial charge >= 0.3 is 0 Å². The molecule has 0 unspecified atom stereocenters. The van der Waals surface area contributed by atoms with E-state index in [4.69, 9.17) is 17.3 Å². The fraction of sp³-hybridized carbons (Fsp3) is 0.176. The van der Waals surface area contributed by atoms with Crippen LogP contribution in [0.1, 0.15) is 35.8 Å². The lowest BCUT2D eigenvalue weighted by molar-refractivity contribution is 0.100. The van der Waals surface area contributed by atoms with Crippen molar-refractivity contribution in [1.29, 1.82) is 0 Å². The number of nitrogens with two attached hydrogens (primary N) is 1. The Hall–Kier alpha value is -2.73. The van der Waals surface area contributed by atoms with E-state index in [2.05, 4.69) is 15.2 Å². The van der Waals surface area contributed by atoms with Gasteiger partial charge in [-0.1, -0.05) is 25.4 Å². The normalized spacial score (nSPS) is 11.7. The van der Waals surface area contributed by atoms with Crippen molar-refractivity contribution in [3.63, 3.8) is 0 Å². The van der Waals surface area contributed by atoms with Gasteiger partial charge in [0.2, 0.25) is 5.91 Å². The van der Waals surface area contributed by atoms with Crippen molar-refractivity contribution < 1.29 is 4.79 Å². The number of fused-ring (bicyclic) bond motifs is 1. The Morgan fingerprint density at radius 3 is 2.50 bits per heavy atom. The van der Waals surface area contributed by atoms with Gasteiger partial charge in [-0.25, -0.2) is 4.98 Å². The summed E-state index contributed by atoms with van der Waals surface area (Å²) in [6, 6.07) is 10.2. The first-order valence-electron chi connectivity index (χ1n) is 7.45. The lowest BCUT2D eigenvalue weighted by Gasteiger charge is -2.02. The Kier molecular flexibility index (Phi) is 4.31. The maximum absolute atomic E-state index is 11.1. The lowest BCUT2D eigenvalue weighted by atomic mass is 10.1. The molecule has 0 saturated heterocycles. The van der Waals surface area contributed by atoms with Gasteiger partial charge in [0.15, 0.2) is 5.82 Å². The number of carbonyl (C=O) groups is 1. The smallest absolute Gasteiger partial charge is 0.248 e.